The highest BCUT2D eigenvalue weighted by Crippen LogP contribution is 2.41. The summed E-state index contributed by atoms with van der Waals surface area (Å²) in [5.41, 5.74) is -0.214. The molecular formula is C17H25NO4S. The first-order valence-electron chi connectivity index (χ1n) is 8.33. The SMILES string of the molecule is CCOC[C@]12CCCO[C@@H]1CCN(S(=O)(=O)c1ccccc1)C2. The van der Waals surface area contributed by atoms with E-state index in [4.69, 9.17) is 9.47 Å². The van der Waals surface area contributed by atoms with Gasteiger partial charge in [0, 0.05) is 31.7 Å². The normalized spacial score (nSPS) is 29.2. The van der Waals surface area contributed by atoms with E-state index in [0.29, 0.717) is 31.2 Å². The third kappa shape index (κ3) is 3.31. The minimum atomic E-state index is -3.45. The van der Waals surface area contributed by atoms with Gasteiger partial charge in [-0.2, -0.15) is 4.31 Å². The van der Waals surface area contributed by atoms with Crippen molar-refractivity contribution in [3.8, 4) is 0 Å². The summed E-state index contributed by atoms with van der Waals surface area (Å²) in [5, 5.41) is 0. The highest BCUT2D eigenvalue weighted by molar-refractivity contribution is 7.89. The molecular weight excluding hydrogens is 314 g/mol. The topological polar surface area (TPSA) is 55.8 Å². The molecule has 23 heavy (non-hydrogen) atoms. The maximum Gasteiger partial charge on any atom is 0.243 e. The summed E-state index contributed by atoms with van der Waals surface area (Å²) >= 11 is 0. The third-order valence-corrected chi connectivity index (χ3v) is 6.79. The molecule has 128 valence electrons. The fourth-order valence-corrected chi connectivity index (χ4v) is 5.28. The van der Waals surface area contributed by atoms with Crippen molar-refractivity contribution < 1.29 is 17.9 Å². The second-order valence-corrected chi connectivity index (χ2v) is 8.34. The zero-order chi connectivity index (χ0) is 16.3. The average molecular weight is 339 g/mol. The summed E-state index contributed by atoms with van der Waals surface area (Å²) in [4.78, 5) is 0.363. The van der Waals surface area contributed by atoms with Gasteiger partial charge in [0.1, 0.15) is 0 Å². The first kappa shape index (κ1) is 16.9. The fourth-order valence-electron chi connectivity index (χ4n) is 3.71. The predicted octanol–water partition coefficient (Wildman–Crippen LogP) is 2.28. The van der Waals surface area contributed by atoms with Crippen molar-refractivity contribution in [2.24, 2.45) is 5.41 Å². The Labute approximate surface area is 138 Å². The Morgan fingerprint density at radius 2 is 2.13 bits per heavy atom. The van der Waals surface area contributed by atoms with Crippen molar-refractivity contribution in [3.05, 3.63) is 30.3 Å². The molecule has 6 heteroatoms. The standard InChI is InChI=1S/C17H25NO4S/c1-2-21-14-17-10-6-12-22-16(17)9-11-18(13-17)23(19,20)15-7-4-3-5-8-15/h3-5,7-8,16H,2,6,9-14H2,1H3/t16-,17-/m1/s1. The van der Waals surface area contributed by atoms with E-state index in [1.165, 1.54) is 0 Å². The summed E-state index contributed by atoms with van der Waals surface area (Å²) < 4.78 is 39.1. The molecule has 0 radical (unpaired) electrons. The zero-order valence-electron chi connectivity index (χ0n) is 13.6. The summed E-state index contributed by atoms with van der Waals surface area (Å²) in [5.74, 6) is 0. The van der Waals surface area contributed by atoms with Crippen LogP contribution in [0.2, 0.25) is 0 Å². The van der Waals surface area contributed by atoms with Gasteiger partial charge in [0.15, 0.2) is 0 Å². The van der Waals surface area contributed by atoms with E-state index in [9.17, 15) is 8.42 Å². The quantitative estimate of drug-likeness (QED) is 0.826. The van der Waals surface area contributed by atoms with E-state index in [2.05, 4.69) is 0 Å². The number of fused-ring (bicyclic) bond motifs is 1. The van der Waals surface area contributed by atoms with Crippen molar-refractivity contribution in [2.75, 3.05) is 32.9 Å². The van der Waals surface area contributed by atoms with Gasteiger partial charge in [-0.15, -0.1) is 0 Å². The predicted molar refractivity (Wildman–Crippen MR) is 87.7 cm³/mol. The number of hydrogen-bond donors (Lipinski definition) is 0. The van der Waals surface area contributed by atoms with E-state index in [1.807, 2.05) is 13.0 Å². The van der Waals surface area contributed by atoms with E-state index in [0.717, 1.165) is 25.9 Å². The molecule has 0 aromatic heterocycles. The third-order valence-electron chi connectivity index (χ3n) is 4.93. The molecule has 2 heterocycles. The maximum absolute atomic E-state index is 12.9. The fraction of sp³-hybridized carbons (Fsp3) is 0.647. The maximum atomic E-state index is 12.9. The molecule has 0 aliphatic carbocycles. The Morgan fingerprint density at radius 3 is 2.87 bits per heavy atom. The Kier molecular flexibility index (Phi) is 5.06. The van der Waals surface area contributed by atoms with E-state index >= 15 is 0 Å². The van der Waals surface area contributed by atoms with Crippen molar-refractivity contribution >= 4 is 10.0 Å². The van der Waals surface area contributed by atoms with Crippen LogP contribution in [0.4, 0.5) is 0 Å². The van der Waals surface area contributed by atoms with Gasteiger partial charge in [0.25, 0.3) is 0 Å². The van der Waals surface area contributed by atoms with Crippen LogP contribution in [-0.2, 0) is 19.5 Å². The highest BCUT2D eigenvalue weighted by Gasteiger charge is 2.48. The summed E-state index contributed by atoms with van der Waals surface area (Å²) in [6, 6.07) is 8.68. The van der Waals surface area contributed by atoms with Gasteiger partial charge >= 0.3 is 0 Å². The zero-order valence-corrected chi connectivity index (χ0v) is 14.4. The molecule has 0 spiro atoms. The van der Waals surface area contributed by atoms with Crippen LogP contribution in [0.5, 0.6) is 0 Å². The Balaban J connectivity index is 1.85. The van der Waals surface area contributed by atoms with Crippen LogP contribution < -0.4 is 0 Å². The molecule has 3 rings (SSSR count). The minimum Gasteiger partial charge on any atom is -0.381 e. The highest BCUT2D eigenvalue weighted by atomic mass is 32.2. The van der Waals surface area contributed by atoms with Crippen LogP contribution in [0, 0.1) is 5.41 Å². The number of sulfonamides is 1. The lowest BCUT2D eigenvalue weighted by Gasteiger charge is -2.49. The van der Waals surface area contributed by atoms with Gasteiger partial charge < -0.3 is 9.47 Å². The van der Waals surface area contributed by atoms with Crippen molar-refractivity contribution in [1.82, 2.24) is 4.31 Å². The molecule has 1 aromatic rings. The van der Waals surface area contributed by atoms with E-state index < -0.39 is 10.0 Å². The molecule has 5 nitrogen and oxygen atoms in total. The number of nitrogens with zero attached hydrogens (tertiary/aromatic N) is 1. The summed E-state index contributed by atoms with van der Waals surface area (Å²) in [7, 11) is -3.45. The summed E-state index contributed by atoms with van der Waals surface area (Å²) in [6.07, 6.45) is 2.76. The van der Waals surface area contributed by atoms with Gasteiger partial charge in [0.2, 0.25) is 10.0 Å². The molecule has 0 unspecified atom stereocenters. The minimum absolute atomic E-state index is 0.102. The molecule has 2 fully saturated rings. The van der Waals surface area contributed by atoms with E-state index in [1.54, 1.807) is 28.6 Å². The Hall–Kier alpha value is -0.950. The number of ether oxygens (including phenoxy) is 2. The Morgan fingerprint density at radius 1 is 1.35 bits per heavy atom. The van der Waals surface area contributed by atoms with Crippen LogP contribution in [0.15, 0.2) is 35.2 Å². The second-order valence-electron chi connectivity index (χ2n) is 6.40. The first-order valence-corrected chi connectivity index (χ1v) is 9.77. The van der Waals surface area contributed by atoms with Crippen LogP contribution in [0.25, 0.3) is 0 Å². The molecule has 0 saturated carbocycles. The summed E-state index contributed by atoms with van der Waals surface area (Å²) in [6.45, 7) is 4.93. The van der Waals surface area contributed by atoms with Gasteiger partial charge in [-0.3, -0.25) is 0 Å². The van der Waals surface area contributed by atoms with Crippen LogP contribution in [0.3, 0.4) is 0 Å². The Bertz CT molecular complexity index is 619. The monoisotopic (exact) mass is 339 g/mol. The molecule has 1 aromatic carbocycles. The van der Waals surface area contributed by atoms with Crippen LogP contribution in [0.1, 0.15) is 26.2 Å². The lowest BCUT2D eigenvalue weighted by molar-refractivity contribution is -0.141. The van der Waals surface area contributed by atoms with Gasteiger partial charge in [-0.25, -0.2) is 8.42 Å². The molecule has 2 aliphatic heterocycles. The number of rotatable bonds is 5. The van der Waals surface area contributed by atoms with Gasteiger partial charge in [0.05, 0.1) is 17.6 Å². The van der Waals surface area contributed by atoms with Crippen molar-refractivity contribution in [1.29, 1.82) is 0 Å². The molecule has 0 bridgehead atoms. The molecule has 2 saturated heterocycles. The second kappa shape index (κ2) is 6.89. The van der Waals surface area contributed by atoms with Crippen LogP contribution in [-0.4, -0.2) is 51.7 Å². The number of benzene rings is 1. The largest absolute Gasteiger partial charge is 0.381 e. The van der Waals surface area contributed by atoms with E-state index in [-0.39, 0.29) is 11.5 Å². The lowest BCUT2D eigenvalue weighted by Crippen LogP contribution is -2.58. The van der Waals surface area contributed by atoms with Crippen molar-refractivity contribution in [3.63, 3.8) is 0 Å². The molecule has 0 N–H and O–H groups in total. The van der Waals surface area contributed by atoms with Gasteiger partial charge in [-0.1, -0.05) is 18.2 Å². The number of hydrogen-bond acceptors (Lipinski definition) is 4. The first-order chi connectivity index (χ1) is 11.1. The molecule has 2 aliphatic rings. The van der Waals surface area contributed by atoms with Gasteiger partial charge in [-0.05, 0) is 38.3 Å². The smallest absolute Gasteiger partial charge is 0.243 e. The molecule has 0 amide bonds. The van der Waals surface area contributed by atoms with Crippen molar-refractivity contribution in [2.45, 2.75) is 37.2 Å². The lowest BCUT2D eigenvalue weighted by atomic mass is 9.73. The molecule has 2 atom stereocenters. The number of piperidine rings is 1. The average Bonchev–Trinajstić information content (AvgIpc) is 2.60. The van der Waals surface area contributed by atoms with Crippen LogP contribution >= 0.6 is 0 Å².